The molecule has 1 aliphatic rings. The number of rotatable bonds is 7. The molecule has 178 valence electrons. The highest BCUT2D eigenvalue weighted by atomic mass is 14.7. The molecule has 34 heavy (non-hydrogen) atoms. The first-order valence-corrected chi connectivity index (χ1v) is 12.2. The Hall–Kier alpha value is -3.19. The third-order valence-electron chi connectivity index (χ3n) is 6.38. The lowest BCUT2D eigenvalue weighted by atomic mass is 9.74. The van der Waals surface area contributed by atoms with Gasteiger partial charge in [-0.3, -0.25) is 4.99 Å². The maximum absolute atomic E-state index is 4.01. The van der Waals surface area contributed by atoms with E-state index in [9.17, 15) is 0 Å². The molecule has 1 unspecified atom stereocenters. The van der Waals surface area contributed by atoms with Crippen LogP contribution in [0.4, 0.5) is 5.69 Å². The van der Waals surface area contributed by atoms with Gasteiger partial charge in [0.2, 0.25) is 0 Å². The molecule has 1 aliphatic carbocycles. The van der Waals surface area contributed by atoms with Gasteiger partial charge in [0.15, 0.2) is 0 Å². The maximum atomic E-state index is 4.01. The van der Waals surface area contributed by atoms with Gasteiger partial charge >= 0.3 is 0 Å². The summed E-state index contributed by atoms with van der Waals surface area (Å²) in [6.07, 6.45) is 20.4. The van der Waals surface area contributed by atoms with Crippen molar-refractivity contribution in [2.45, 2.75) is 60.8 Å². The van der Waals surface area contributed by atoms with Gasteiger partial charge in [0.1, 0.15) is 0 Å². The van der Waals surface area contributed by atoms with Crippen molar-refractivity contribution in [2.75, 3.05) is 0 Å². The minimum atomic E-state index is 0.237. The van der Waals surface area contributed by atoms with Gasteiger partial charge in [0, 0.05) is 0 Å². The van der Waals surface area contributed by atoms with Gasteiger partial charge in [-0.1, -0.05) is 91.4 Å². The lowest BCUT2D eigenvalue weighted by Crippen LogP contribution is -2.21. The summed E-state index contributed by atoms with van der Waals surface area (Å²) in [7, 11) is 0. The molecule has 0 saturated carbocycles. The zero-order chi connectivity index (χ0) is 25.0. The minimum absolute atomic E-state index is 0.237. The molecule has 2 aromatic rings. The van der Waals surface area contributed by atoms with Crippen LogP contribution in [0.5, 0.6) is 0 Å². The summed E-state index contributed by atoms with van der Waals surface area (Å²) in [5.74, 6) is 0. The molecule has 1 nitrogen and oxygen atoms in total. The molecule has 0 spiro atoms. The van der Waals surface area contributed by atoms with Crippen LogP contribution in [0.2, 0.25) is 0 Å². The third kappa shape index (κ3) is 8.63. The van der Waals surface area contributed by atoms with Gasteiger partial charge in [0.25, 0.3) is 0 Å². The average Bonchev–Trinajstić information content (AvgIpc) is 2.85. The Morgan fingerprint density at radius 3 is 2.15 bits per heavy atom. The van der Waals surface area contributed by atoms with Crippen molar-refractivity contribution in [3.8, 4) is 0 Å². The van der Waals surface area contributed by atoms with E-state index in [1.807, 2.05) is 26.0 Å². The number of fused-ring (bicyclic) bond motifs is 1. The molecule has 0 amide bonds. The van der Waals surface area contributed by atoms with E-state index in [2.05, 4.69) is 118 Å². The highest BCUT2D eigenvalue weighted by molar-refractivity contribution is 5.63. The summed E-state index contributed by atoms with van der Waals surface area (Å²) in [4.78, 5) is 4.01. The summed E-state index contributed by atoms with van der Waals surface area (Å²) >= 11 is 0. The van der Waals surface area contributed by atoms with Gasteiger partial charge in [-0.2, -0.15) is 0 Å². The number of aliphatic imine (C=N–C) groups is 1. The predicted molar refractivity (Wildman–Crippen MR) is 153 cm³/mol. The van der Waals surface area contributed by atoms with Gasteiger partial charge in [0.05, 0.1) is 5.69 Å². The molecular formula is C33H41N. The van der Waals surface area contributed by atoms with E-state index >= 15 is 0 Å². The quantitative estimate of drug-likeness (QED) is 0.293. The predicted octanol–water partition coefficient (Wildman–Crippen LogP) is 9.57. The Kier molecular flexibility index (Phi) is 10.7. The number of nitrogens with zero attached hydrogens (tertiary/aromatic N) is 1. The van der Waals surface area contributed by atoms with Crippen LogP contribution >= 0.6 is 0 Å². The highest BCUT2D eigenvalue weighted by Gasteiger charge is 2.25. The fourth-order valence-corrected chi connectivity index (χ4v) is 3.88. The van der Waals surface area contributed by atoms with Gasteiger partial charge in [-0.15, -0.1) is 0 Å². The van der Waals surface area contributed by atoms with Crippen molar-refractivity contribution in [3.63, 3.8) is 0 Å². The molecular weight excluding hydrogens is 410 g/mol. The van der Waals surface area contributed by atoms with Crippen LogP contribution in [-0.2, 0) is 12.8 Å². The van der Waals surface area contributed by atoms with Crippen molar-refractivity contribution in [1.82, 2.24) is 0 Å². The van der Waals surface area contributed by atoms with Crippen molar-refractivity contribution in [1.29, 1.82) is 0 Å². The minimum Gasteiger partial charge on any atom is -0.265 e. The third-order valence-corrected chi connectivity index (χ3v) is 6.38. The van der Waals surface area contributed by atoms with Crippen LogP contribution in [0.25, 0.3) is 6.08 Å². The van der Waals surface area contributed by atoms with Crippen LogP contribution < -0.4 is 0 Å². The second-order valence-corrected chi connectivity index (χ2v) is 9.44. The second-order valence-electron chi connectivity index (χ2n) is 9.44. The largest absolute Gasteiger partial charge is 0.265 e. The van der Waals surface area contributed by atoms with Crippen LogP contribution in [0, 0.1) is 12.3 Å². The van der Waals surface area contributed by atoms with Crippen molar-refractivity contribution in [2.24, 2.45) is 10.4 Å². The summed E-state index contributed by atoms with van der Waals surface area (Å²) < 4.78 is 0. The van der Waals surface area contributed by atoms with E-state index in [4.69, 9.17) is 0 Å². The summed E-state index contributed by atoms with van der Waals surface area (Å²) in [5.41, 5.74) is 9.27. The second kappa shape index (κ2) is 13.5. The van der Waals surface area contributed by atoms with E-state index in [1.165, 1.54) is 39.8 Å². The molecule has 0 aromatic heterocycles. The number of allylic oxidation sites excluding steroid dienone is 9. The monoisotopic (exact) mass is 451 g/mol. The summed E-state index contributed by atoms with van der Waals surface area (Å²) in [6.45, 7) is 16.4. The number of benzene rings is 2. The molecule has 0 fully saturated rings. The van der Waals surface area contributed by atoms with E-state index in [1.54, 1.807) is 0 Å². The Bertz CT molecular complexity index is 1060. The lowest BCUT2D eigenvalue weighted by molar-refractivity contribution is 0.387. The fraction of sp³-hybridized carbons (Fsp3) is 0.303. The molecule has 1 atom stereocenters. The van der Waals surface area contributed by atoms with Gasteiger partial charge in [-0.25, -0.2) is 0 Å². The standard InChI is InChI=1S/C21H23N.C12H18/c1-16-4-6-17(7-5-16)10-12-21(2)13-11-18-14-20(22-3)9-8-19(18)15-21;1-5-7-9-11(3)12(4)10-8-6-2/h4-9,11,13-14H,3,10,12,15H2,1-2H3;5-10H,1-4H3/b;7-5-,8-6-,11-9-,12-10+. The van der Waals surface area contributed by atoms with Gasteiger partial charge in [-0.05, 0) is 106 Å². The smallest absolute Gasteiger partial charge is 0.0628 e. The van der Waals surface area contributed by atoms with Crippen molar-refractivity contribution >= 4 is 18.5 Å². The molecule has 0 saturated heterocycles. The molecule has 0 heterocycles. The maximum Gasteiger partial charge on any atom is 0.0628 e. The van der Waals surface area contributed by atoms with E-state index < -0.39 is 0 Å². The Morgan fingerprint density at radius 1 is 0.971 bits per heavy atom. The van der Waals surface area contributed by atoms with E-state index in [0.717, 1.165) is 18.5 Å². The Morgan fingerprint density at radius 2 is 1.59 bits per heavy atom. The Labute approximate surface area is 208 Å². The van der Waals surface area contributed by atoms with Crippen LogP contribution in [0.15, 0.2) is 101 Å². The lowest BCUT2D eigenvalue weighted by Gasteiger charge is -2.30. The normalized spacial score (nSPS) is 18.1. The number of hydrogen-bond donors (Lipinski definition) is 0. The SMILES string of the molecule is C=Nc1ccc2c(c1)C=CC(C)(CCc1ccc(C)cc1)C2.C\C=C/C=C(C)\C(C)=C\C=C/C. The summed E-state index contributed by atoms with van der Waals surface area (Å²) in [5, 5.41) is 0. The summed E-state index contributed by atoms with van der Waals surface area (Å²) in [6, 6.07) is 15.3. The molecule has 0 bridgehead atoms. The van der Waals surface area contributed by atoms with Crippen molar-refractivity contribution < 1.29 is 0 Å². The van der Waals surface area contributed by atoms with Crippen LogP contribution in [0.3, 0.4) is 0 Å². The average molecular weight is 452 g/mol. The van der Waals surface area contributed by atoms with E-state index in [-0.39, 0.29) is 5.41 Å². The zero-order valence-electron chi connectivity index (χ0n) is 21.9. The number of aryl methyl sites for hydroxylation is 2. The zero-order valence-corrected chi connectivity index (χ0v) is 21.9. The van der Waals surface area contributed by atoms with E-state index in [0.29, 0.717) is 0 Å². The topological polar surface area (TPSA) is 12.4 Å². The first kappa shape index (κ1) is 27.1. The Balaban J connectivity index is 0.000000292. The fourth-order valence-electron chi connectivity index (χ4n) is 3.88. The van der Waals surface area contributed by atoms with Crippen LogP contribution in [0.1, 0.15) is 63.3 Å². The molecule has 3 rings (SSSR count). The molecule has 0 aliphatic heterocycles. The molecule has 2 aromatic carbocycles. The molecule has 1 heteroatoms. The van der Waals surface area contributed by atoms with Gasteiger partial charge < -0.3 is 0 Å². The number of hydrogen-bond acceptors (Lipinski definition) is 1. The molecule has 0 radical (unpaired) electrons. The first-order chi connectivity index (χ1) is 16.3. The first-order valence-electron chi connectivity index (χ1n) is 12.2. The van der Waals surface area contributed by atoms with Crippen molar-refractivity contribution in [3.05, 3.63) is 118 Å². The molecule has 0 N–H and O–H groups in total. The van der Waals surface area contributed by atoms with Crippen LogP contribution in [-0.4, -0.2) is 6.72 Å². The highest BCUT2D eigenvalue weighted by Crippen LogP contribution is 2.37.